The van der Waals surface area contributed by atoms with Gasteiger partial charge < -0.3 is 4.74 Å². The van der Waals surface area contributed by atoms with Crippen molar-refractivity contribution in [3.8, 4) is 5.75 Å². The SMILES string of the molecule is O=S(=O)(Cl)c1ccc(OCc2ccc(F)cc2)c(F)c1F. The van der Waals surface area contributed by atoms with Gasteiger partial charge >= 0.3 is 0 Å². The van der Waals surface area contributed by atoms with E-state index in [-0.39, 0.29) is 6.61 Å². The fourth-order valence-electron chi connectivity index (χ4n) is 1.56. The number of halogens is 4. The van der Waals surface area contributed by atoms with Crippen molar-refractivity contribution in [2.75, 3.05) is 0 Å². The molecule has 0 spiro atoms. The molecule has 0 atom stereocenters. The highest BCUT2D eigenvalue weighted by atomic mass is 35.7. The molecule has 0 heterocycles. The van der Waals surface area contributed by atoms with Crippen molar-refractivity contribution in [2.24, 2.45) is 0 Å². The van der Waals surface area contributed by atoms with E-state index in [0.717, 1.165) is 12.1 Å². The average molecular weight is 337 g/mol. The lowest BCUT2D eigenvalue weighted by Gasteiger charge is -2.09. The van der Waals surface area contributed by atoms with E-state index in [9.17, 15) is 21.6 Å². The van der Waals surface area contributed by atoms with Crippen molar-refractivity contribution in [3.05, 3.63) is 59.4 Å². The Bertz CT molecular complexity index is 761. The summed E-state index contributed by atoms with van der Waals surface area (Å²) >= 11 is 0. The van der Waals surface area contributed by atoms with E-state index in [1.165, 1.54) is 24.3 Å². The van der Waals surface area contributed by atoms with Gasteiger partial charge in [0.15, 0.2) is 11.6 Å². The van der Waals surface area contributed by atoms with Gasteiger partial charge in [-0.25, -0.2) is 17.2 Å². The molecule has 2 aromatic rings. The smallest absolute Gasteiger partial charge is 0.264 e. The van der Waals surface area contributed by atoms with Gasteiger partial charge in [-0.3, -0.25) is 0 Å². The molecule has 0 bridgehead atoms. The van der Waals surface area contributed by atoms with E-state index in [2.05, 4.69) is 0 Å². The summed E-state index contributed by atoms with van der Waals surface area (Å²) in [4.78, 5) is -0.962. The lowest BCUT2D eigenvalue weighted by molar-refractivity contribution is 0.283. The summed E-state index contributed by atoms with van der Waals surface area (Å²) in [5.74, 6) is -3.98. The Morgan fingerprint density at radius 3 is 2.14 bits per heavy atom. The maximum atomic E-state index is 13.7. The Labute approximate surface area is 123 Å². The van der Waals surface area contributed by atoms with E-state index in [1.54, 1.807) is 0 Å². The summed E-state index contributed by atoms with van der Waals surface area (Å²) in [6, 6.07) is 6.98. The van der Waals surface area contributed by atoms with Crippen LogP contribution in [0, 0.1) is 17.5 Å². The lowest BCUT2D eigenvalue weighted by atomic mass is 10.2. The van der Waals surface area contributed by atoms with Gasteiger partial charge in [0.1, 0.15) is 17.3 Å². The molecular weight excluding hydrogens is 329 g/mol. The minimum atomic E-state index is -4.38. The van der Waals surface area contributed by atoms with Gasteiger partial charge in [0, 0.05) is 10.7 Å². The van der Waals surface area contributed by atoms with Crippen molar-refractivity contribution < 1.29 is 26.3 Å². The maximum Gasteiger partial charge on any atom is 0.264 e. The van der Waals surface area contributed by atoms with Crippen LogP contribution in [0.1, 0.15) is 5.56 Å². The highest BCUT2D eigenvalue weighted by molar-refractivity contribution is 8.13. The van der Waals surface area contributed by atoms with E-state index >= 15 is 0 Å². The molecule has 0 aliphatic rings. The Balaban J connectivity index is 2.22. The topological polar surface area (TPSA) is 43.4 Å². The largest absolute Gasteiger partial charge is 0.486 e. The number of rotatable bonds is 4. The van der Waals surface area contributed by atoms with Crippen LogP contribution >= 0.6 is 10.7 Å². The van der Waals surface area contributed by atoms with Crippen LogP contribution in [0.5, 0.6) is 5.75 Å². The average Bonchev–Trinajstić information content (AvgIpc) is 2.41. The molecule has 2 rings (SSSR count). The second-order valence-electron chi connectivity index (χ2n) is 4.04. The third-order valence-corrected chi connectivity index (χ3v) is 3.92. The van der Waals surface area contributed by atoms with E-state index < -0.39 is 37.1 Å². The maximum absolute atomic E-state index is 13.7. The zero-order chi connectivity index (χ0) is 15.6. The molecule has 21 heavy (non-hydrogen) atoms. The van der Waals surface area contributed by atoms with Gasteiger partial charge in [-0.05, 0) is 29.8 Å². The first kappa shape index (κ1) is 15.7. The molecule has 0 N–H and O–H groups in total. The van der Waals surface area contributed by atoms with Gasteiger partial charge in [-0.2, -0.15) is 4.39 Å². The van der Waals surface area contributed by atoms with Crippen molar-refractivity contribution in [2.45, 2.75) is 11.5 Å². The molecule has 0 aliphatic carbocycles. The number of ether oxygens (including phenoxy) is 1. The van der Waals surface area contributed by atoms with Crippen LogP contribution in [0.4, 0.5) is 13.2 Å². The van der Waals surface area contributed by atoms with Gasteiger partial charge in [-0.1, -0.05) is 12.1 Å². The first-order valence-electron chi connectivity index (χ1n) is 5.59. The summed E-state index contributed by atoms with van der Waals surface area (Å²) in [5.41, 5.74) is 0.533. The quantitative estimate of drug-likeness (QED) is 0.801. The van der Waals surface area contributed by atoms with Gasteiger partial charge in [-0.15, -0.1) is 0 Å². The summed E-state index contributed by atoms with van der Waals surface area (Å²) in [6.07, 6.45) is 0. The van der Waals surface area contributed by atoms with Crippen LogP contribution in [0.2, 0.25) is 0 Å². The molecule has 0 saturated carbocycles. The highest BCUT2D eigenvalue weighted by Crippen LogP contribution is 2.28. The molecule has 0 aromatic heterocycles. The number of hydrogen-bond donors (Lipinski definition) is 0. The molecule has 112 valence electrons. The Morgan fingerprint density at radius 2 is 1.57 bits per heavy atom. The highest BCUT2D eigenvalue weighted by Gasteiger charge is 2.22. The molecule has 0 saturated heterocycles. The van der Waals surface area contributed by atoms with Crippen LogP contribution in [0.15, 0.2) is 41.3 Å². The van der Waals surface area contributed by atoms with Crippen molar-refractivity contribution in [3.63, 3.8) is 0 Å². The first-order chi connectivity index (χ1) is 9.79. The summed E-state index contributed by atoms with van der Waals surface area (Å²) in [6.45, 7) is -0.135. The first-order valence-corrected chi connectivity index (χ1v) is 7.90. The van der Waals surface area contributed by atoms with E-state index in [0.29, 0.717) is 5.56 Å². The minimum absolute atomic E-state index is 0.135. The molecule has 3 nitrogen and oxygen atoms in total. The summed E-state index contributed by atoms with van der Waals surface area (Å²) < 4.78 is 67.0. The standard InChI is InChI=1S/C13H8ClF3O3S/c14-21(18,19)11-6-5-10(12(16)13(11)17)20-7-8-1-3-9(15)4-2-8/h1-6H,7H2. The van der Waals surface area contributed by atoms with Crippen molar-refractivity contribution >= 4 is 19.7 Å². The number of hydrogen-bond acceptors (Lipinski definition) is 3. The predicted molar refractivity (Wildman–Crippen MR) is 70.1 cm³/mol. The Morgan fingerprint density at radius 1 is 0.952 bits per heavy atom. The minimum Gasteiger partial charge on any atom is -0.486 e. The van der Waals surface area contributed by atoms with Crippen LogP contribution in [-0.4, -0.2) is 8.42 Å². The third-order valence-electron chi connectivity index (χ3n) is 2.58. The fourth-order valence-corrected chi connectivity index (χ4v) is 2.45. The van der Waals surface area contributed by atoms with Crippen LogP contribution < -0.4 is 4.74 Å². The van der Waals surface area contributed by atoms with Crippen molar-refractivity contribution in [1.29, 1.82) is 0 Å². The summed E-state index contributed by atoms with van der Waals surface area (Å²) in [7, 11) is 0.581. The van der Waals surface area contributed by atoms with Gasteiger partial charge in [0.25, 0.3) is 9.05 Å². The number of benzene rings is 2. The van der Waals surface area contributed by atoms with Crippen molar-refractivity contribution in [1.82, 2.24) is 0 Å². The van der Waals surface area contributed by atoms with Crippen LogP contribution in [0.25, 0.3) is 0 Å². The third kappa shape index (κ3) is 3.68. The van der Waals surface area contributed by atoms with Gasteiger partial charge in [0.05, 0.1) is 0 Å². The van der Waals surface area contributed by atoms with E-state index in [4.69, 9.17) is 15.4 Å². The molecule has 8 heteroatoms. The molecule has 0 fully saturated rings. The molecule has 0 aliphatic heterocycles. The van der Waals surface area contributed by atoms with E-state index in [1.807, 2.05) is 0 Å². The second kappa shape index (κ2) is 5.95. The van der Waals surface area contributed by atoms with Crippen LogP contribution in [0.3, 0.4) is 0 Å². The second-order valence-corrected chi connectivity index (χ2v) is 6.58. The molecule has 0 radical (unpaired) electrons. The normalized spacial score (nSPS) is 11.4. The lowest BCUT2D eigenvalue weighted by Crippen LogP contribution is -2.03. The monoisotopic (exact) mass is 336 g/mol. The Kier molecular flexibility index (Phi) is 4.43. The zero-order valence-corrected chi connectivity index (χ0v) is 11.9. The predicted octanol–water partition coefficient (Wildman–Crippen LogP) is 3.61. The molecule has 0 unspecified atom stereocenters. The molecule has 2 aromatic carbocycles. The Hall–Kier alpha value is -1.73. The summed E-state index contributed by atoms with van der Waals surface area (Å²) in [5, 5.41) is 0. The van der Waals surface area contributed by atoms with Crippen LogP contribution in [-0.2, 0) is 15.7 Å². The fraction of sp³-hybridized carbons (Fsp3) is 0.0769. The zero-order valence-electron chi connectivity index (χ0n) is 10.3. The molecule has 0 amide bonds. The van der Waals surface area contributed by atoms with Gasteiger partial charge in [0.2, 0.25) is 5.82 Å². The molecular formula is C13H8ClF3O3S.